The zero-order valence-electron chi connectivity index (χ0n) is 36.9. The molecular formula is C64H45N3. The minimum absolute atomic E-state index is 0.755. The Bertz CT molecular complexity index is 3530. The highest BCUT2D eigenvalue weighted by Gasteiger charge is 2.16. The van der Waals surface area contributed by atoms with Crippen LogP contribution in [0, 0.1) is 0 Å². The van der Waals surface area contributed by atoms with Crippen LogP contribution < -0.4 is 0 Å². The molecule has 2 heterocycles. The van der Waals surface area contributed by atoms with Crippen molar-refractivity contribution in [2.45, 2.75) is 12.8 Å². The molecule has 0 unspecified atom stereocenters. The highest BCUT2D eigenvalue weighted by Crippen LogP contribution is 2.39. The Kier molecular flexibility index (Phi) is 10.3. The van der Waals surface area contributed by atoms with Crippen LogP contribution >= 0.6 is 0 Å². The normalized spacial score (nSPS) is 12.4. The van der Waals surface area contributed by atoms with Crippen LogP contribution in [0.2, 0.25) is 0 Å². The fourth-order valence-corrected chi connectivity index (χ4v) is 9.61. The van der Waals surface area contributed by atoms with Gasteiger partial charge in [-0.05, 0) is 135 Å². The van der Waals surface area contributed by atoms with Gasteiger partial charge in [-0.1, -0.05) is 182 Å². The summed E-state index contributed by atoms with van der Waals surface area (Å²) in [7, 11) is 0. The van der Waals surface area contributed by atoms with Gasteiger partial charge in [0.2, 0.25) is 0 Å². The standard InChI is InChI=1S/C64H45N3/c1-5-17-44(18-6-1)51-37-52(45-19-7-2-8-20-45)40-55(39-51)56-41-53(38-54(42-56)47-33-35-57(36-34-47)67-62-27-15-13-25-58(62)59-26-14-16-28-63(59)67)46-29-31-49(32-30-46)61-43-60(48-21-9-3-10-22-48)65-64(66-61)50-23-11-4-12-24-50/h1-3,5-11,13-43H,4,12H2. The highest BCUT2D eigenvalue weighted by molar-refractivity contribution is 6.09. The van der Waals surface area contributed by atoms with Gasteiger partial charge in [0, 0.05) is 33.2 Å². The van der Waals surface area contributed by atoms with Gasteiger partial charge in [-0.25, -0.2) is 9.97 Å². The van der Waals surface area contributed by atoms with Crippen LogP contribution in [0.3, 0.4) is 0 Å². The van der Waals surface area contributed by atoms with E-state index in [9.17, 15) is 0 Å². The average Bonchev–Trinajstić information content (AvgIpc) is 3.76. The molecule has 0 atom stereocenters. The number of benzene rings is 9. The van der Waals surface area contributed by atoms with Crippen LogP contribution in [0.4, 0.5) is 0 Å². The lowest BCUT2D eigenvalue weighted by Gasteiger charge is -2.15. The Labute approximate surface area is 391 Å². The van der Waals surface area contributed by atoms with Gasteiger partial charge in [0.15, 0.2) is 5.82 Å². The third kappa shape index (κ3) is 7.87. The second-order valence-corrected chi connectivity index (χ2v) is 17.3. The Morgan fingerprint density at radius 2 is 0.687 bits per heavy atom. The van der Waals surface area contributed by atoms with E-state index in [1.165, 1.54) is 44.1 Å². The molecule has 316 valence electrons. The summed E-state index contributed by atoms with van der Waals surface area (Å²) in [5.41, 5.74) is 20.2. The van der Waals surface area contributed by atoms with Crippen molar-refractivity contribution in [3.63, 3.8) is 0 Å². The quantitative estimate of drug-likeness (QED) is 0.145. The van der Waals surface area contributed by atoms with Crippen LogP contribution in [-0.2, 0) is 0 Å². The Balaban J connectivity index is 0.989. The van der Waals surface area contributed by atoms with Gasteiger partial charge in [-0.3, -0.25) is 0 Å². The van der Waals surface area contributed by atoms with Crippen molar-refractivity contribution in [3.8, 4) is 83.8 Å². The zero-order chi connectivity index (χ0) is 44.5. The topological polar surface area (TPSA) is 30.7 Å². The molecule has 0 N–H and O–H groups in total. The Morgan fingerprint density at radius 3 is 1.15 bits per heavy atom. The molecule has 3 nitrogen and oxygen atoms in total. The summed E-state index contributed by atoms with van der Waals surface area (Å²) < 4.78 is 2.38. The summed E-state index contributed by atoms with van der Waals surface area (Å²) in [5.74, 6) is 0.755. The van der Waals surface area contributed by atoms with Gasteiger partial charge in [-0.2, -0.15) is 0 Å². The minimum Gasteiger partial charge on any atom is -0.309 e. The number of aromatic nitrogens is 3. The molecule has 0 spiro atoms. The van der Waals surface area contributed by atoms with Crippen molar-refractivity contribution in [1.29, 1.82) is 0 Å². The van der Waals surface area contributed by atoms with E-state index in [1.807, 2.05) is 6.07 Å². The summed E-state index contributed by atoms with van der Waals surface area (Å²) >= 11 is 0. The van der Waals surface area contributed by atoms with E-state index in [2.05, 4.69) is 247 Å². The van der Waals surface area contributed by atoms with Crippen LogP contribution in [0.25, 0.3) is 111 Å². The molecule has 3 heteroatoms. The molecule has 12 rings (SSSR count). The molecule has 2 aromatic heterocycles. The molecule has 9 aromatic carbocycles. The van der Waals surface area contributed by atoms with Gasteiger partial charge in [0.1, 0.15) is 0 Å². The molecule has 0 amide bonds. The zero-order valence-corrected chi connectivity index (χ0v) is 36.9. The maximum absolute atomic E-state index is 5.16. The Hall–Kier alpha value is -8.66. The lowest BCUT2D eigenvalue weighted by molar-refractivity contribution is 1.03. The lowest BCUT2D eigenvalue weighted by Crippen LogP contribution is -1.99. The minimum atomic E-state index is 0.755. The molecule has 0 saturated heterocycles. The van der Waals surface area contributed by atoms with E-state index in [0.29, 0.717) is 0 Å². The monoisotopic (exact) mass is 855 g/mol. The largest absolute Gasteiger partial charge is 0.309 e. The molecule has 0 aliphatic heterocycles. The van der Waals surface area contributed by atoms with Crippen molar-refractivity contribution in [3.05, 3.63) is 255 Å². The van der Waals surface area contributed by atoms with Crippen LogP contribution in [0.15, 0.2) is 249 Å². The molecule has 0 fully saturated rings. The number of hydrogen-bond acceptors (Lipinski definition) is 2. The van der Waals surface area contributed by atoms with Crippen molar-refractivity contribution in [1.82, 2.24) is 14.5 Å². The van der Waals surface area contributed by atoms with E-state index in [4.69, 9.17) is 9.97 Å². The number of rotatable bonds is 9. The van der Waals surface area contributed by atoms with Gasteiger partial charge in [0.25, 0.3) is 0 Å². The highest BCUT2D eigenvalue weighted by atomic mass is 15.0. The van der Waals surface area contributed by atoms with E-state index in [0.717, 1.165) is 85.8 Å². The summed E-state index contributed by atoms with van der Waals surface area (Å²) in [6, 6.07) is 83.3. The summed E-state index contributed by atoms with van der Waals surface area (Å²) in [6.45, 7) is 0. The number of fused-ring (bicyclic) bond motifs is 3. The molecule has 0 saturated carbocycles. The fraction of sp³-hybridized carbons (Fsp3) is 0.0312. The first-order chi connectivity index (χ1) is 33.2. The predicted molar refractivity (Wildman–Crippen MR) is 281 cm³/mol. The van der Waals surface area contributed by atoms with E-state index >= 15 is 0 Å². The molecule has 0 bridgehead atoms. The lowest BCUT2D eigenvalue weighted by atomic mass is 9.89. The molecule has 0 radical (unpaired) electrons. The molecule has 11 aromatic rings. The van der Waals surface area contributed by atoms with Crippen molar-refractivity contribution >= 4 is 27.4 Å². The third-order valence-electron chi connectivity index (χ3n) is 13.0. The molecule has 67 heavy (non-hydrogen) atoms. The maximum atomic E-state index is 5.16. The SMILES string of the molecule is C1=CC(c2nc(-c3ccccc3)cc(-c3ccc(-c4cc(-c5ccc(-n6c7ccccc7c7ccccc76)cc5)cc(-c5cc(-c6ccccc6)cc(-c6ccccc6)c5)c4)cc3)n2)=CCC1. The van der Waals surface area contributed by atoms with Gasteiger partial charge < -0.3 is 4.57 Å². The number of hydrogen-bond donors (Lipinski definition) is 0. The first-order valence-electron chi connectivity index (χ1n) is 23.1. The summed E-state index contributed by atoms with van der Waals surface area (Å²) in [4.78, 5) is 10.2. The maximum Gasteiger partial charge on any atom is 0.160 e. The smallest absolute Gasteiger partial charge is 0.160 e. The number of para-hydroxylation sites is 2. The van der Waals surface area contributed by atoms with E-state index in [1.54, 1.807) is 0 Å². The third-order valence-corrected chi connectivity index (χ3v) is 13.0. The second kappa shape index (κ2) is 17.4. The molecule has 1 aliphatic carbocycles. The first kappa shape index (κ1) is 39.9. The molecule has 1 aliphatic rings. The second-order valence-electron chi connectivity index (χ2n) is 17.3. The molecular weight excluding hydrogens is 811 g/mol. The number of nitrogens with zero attached hydrogens (tertiary/aromatic N) is 3. The number of allylic oxidation sites excluding steroid dienone is 4. The summed E-state index contributed by atoms with van der Waals surface area (Å²) in [5, 5.41) is 2.52. The van der Waals surface area contributed by atoms with Crippen LogP contribution in [-0.4, -0.2) is 14.5 Å². The predicted octanol–water partition coefficient (Wildman–Crippen LogP) is 17.0. The van der Waals surface area contributed by atoms with E-state index in [-0.39, 0.29) is 0 Å². The van der Waals surface area contributed by atoms with Crippen LogP contribution in [0.5, 0.6) is 0 Å². The van der Waals surface area contributed by atoms with Crippen molar-refractivity contribution in [2.75, 3.05) is 0 Å². The van der Waals surface area contributed by atoms with E-state index < -0.39 is 0 Å². The van der Waals surface area contributed by atoms with Gasteiger partial charge in [0.05, 0.1) is 22.4 Å². The van der Waals surface area contributed by atoms with Crippen LogP contribution in [0.1, 0.15) is 18.7 Å². The van der Waals surface area contributed by atoms with Crippen molar-refractivity contribution < 1.29 is 0 Å². The van der Waals surface area contributed by atoms with Gasteiger partial charge in [-0.15, -0.1) is 0 Å². The summed E-state index contributed by atoms with van der Waals surface area (Å²) in [6.07, 6.45) is 8.65. The van der Waals surface area contributed by atoms with Crippen molar-refractivity contribution in [2.24, 2.45) is 0 Å². The fourth-order valence-electron chi connectivity index (χ4n) is 9.61. The van der Waals surface area contributed by atoms with Gasteiger partial charge >= 0.3 is 0 Å². The Morgan fingerprint density at radius 1 is 0.313 bits per heavy atom. The first-order valence-corrected chi connectivity index (χ1v) is 23.1. The average molecular weight is 856 g/mol.